The third-order valence-electron chi connectivity index (χ3n) is 3.24. The fourth-order valence-electron chi connectivity index (χ4n) is 2.00. The number of hydrogen-bond acceptors (Lipinski definition) is 2. The highest BCUT2D eigenvalue weighted by atomic mass is 16.2. The van der Waals surface area contributed by atoms with E-state index in [4.69, 9.17) is 0 Å². The van der Waals surface area contributed by atoms with Crippen LogP contribution in [0.1, 0.15) is 29.7 Å². The van der Waals surface area contributed by atoms with Crippen LogP contribution in [0.3, 0.4) is 0 Å². The molecule has 19 heavy (non-hydrogen) atoms. The number of benzene rings is 1. The van der Waals surface area contributed by atoms with Gasteiger partial charge in [-0.05, 0) is 44.4 Å². The largest absolute Gasteiger partial charge is 0.324 e. The van der Waals surface area contributed by atoms with Gasteiger partial charge in [-0.15, -0.1) is 0 Å². The van der Waals surface area contributed by atoms with Gasteiger partial charge in [0, 0.05) is 11.9 Å². The zero-order valence-corrected chi connectivity index (χ0v) is 11.8. The number of amides is 1. The zero-order chi connectivity index (χ0) is 14.0. The molecule has 1 atom stereocenters. The Morgan fingerprint density at radius 3 is 2.42 bits per heavy atom. The number of nitrogens with one attached hydrogen (secondary N) is 1. The summed E-state index contributed by atoms with van der Waals surface area (Å²) in [5, 5.41) is 7.17. The van der Waals surface area contributed by atoms with Crippen LogP contribution in [0.2, 0.25) is 0 Å². The molecule has 0 bridgehead atoms. The summed E-state index contributed by atoms with van der Waals surface area (Å²) >= 11 is 0. The van der Waals surface area contributed by atoms with Crippen LogP contribution in [0.4, 0.5) is 5.69 Å². The second-order valence-electron chi connectivity index (χ2n) is 4.93. The second-order valence-corrected chi connectivity index (χ2v) is 4.93. The molecule has 1 amide bonds. The minimum absolute atomic E-state index is 0.0551. The quantitative estimate of drug-likeness (QED) is 0.918. The Morgan fingerprint density at radius 2 is 1.89 bits per heavy atom. The van der Waals surface area contributed by atoms with Crippen LogP contribution < -0.4 is 5.32 Å². The summed E-state index contributed by atoms with van der Waals surface area (Å²) in [6, 6.07) is 5.64. The van der Waals surface area contributed by atoms with Gasteiger partial charge in [0.2, 0.25) is 5.91 Å². The summed E-state index contributed by atoms with van der Waals surface area (Å²) in [5.41, 5.74) is 4.07. The lowest BCUT2D eigenvalue weighted by molar-refractivity contribution is -0.119. The Bertz CT molecular complexity index is 581. The van der Waals surface area contributed by atoms with Gasteiger partial charge >= 0.3 is 0 Å². The van der Waals surface area contributed by atoms with E-state index in [9.17, 15) is 4.79 Å². The number of nitrogens with zero attached hydrogens (tertiary/aromatic N) is 2. The molecule has 4 heteroatoms. The van der Waals surface area contributed by atoms with Gasteiger partial charge in [-0.1, -0.05) is 18.2 Å². The Balaban J connectivity index is 2.17. The predicted molar refractivity (Wildman–Crippen MR) is 76.2 cm³/mol. The van der Waals surface area contributed by atoms with E-state index in [1.165, 1.54) is 0 Å². The van der Waals surface area contributed by atoms with Crippen molar-refractivity contribution in [1.29, 1.82) is 0 Å². The van der Waals surface area contributed by atoms with Crippen molar-refractivity contribution < 1.29 is 4.79 Å². The van der Waals surface area contributed by atoms with Crippen LogP contribution in [0.5, 0.6) is 0 Å². The highest BCUT2D eigenvalue weighted by molar-refractivity contribution is 5.94. The summed E-state index contributed by atoms with van der Waals surface area (Å²) in [6.07, 6.45) is 3.62. The third-order valence-corrected chi connectivity index (χ3v) is 3.24. The van der Waals surface area contributed by atoms with Gasteiger partial charge < -0.3 is 5.32 Å². The molecule has 4 nitrogen and oxygen atoms in total. The van der Waals surface area contributed by atoms with Crippen molar-refractivity contribution in [3.63, 3.8) is 0 Å². The van der Waals surface area contributed by atoms with Crippen molar-refractivity contribution in [1.82, 2.24) is 9.78 Å². The van der Waals surface area contributed by atoms with Crippen LogP contribution >= 0.6 is 0 Å². The van der Waals surface area contributed by atoms with Crippen LogP contribution in [-0.2, 0) is 4.79 Å². The van der Waals surface area contributed by atoms with Gasteiger partial charge in [0.15, 0.2) is 0 Å². The van der Waals surface area contributed by atoms with Gasteiger partial charge in [0.1, 0.15) is 6.04 Å². The molecule has 0 aliphatic carbocycles. The van der Waals surface area contributed by atoms with E-state index in [-0.39, 0.29) is 11.9 Å². The summed E-state index contributed by atoms with van der Waals surface area (Å²) < 4.78 is 1.68. The summed E-state index contributed by atoms with van der Waals surface area (Å²) in [6.45, 7) is 7.78. The molecule has 1 N–H and O–H groups in total. The van der Waals surface area contributed by atoms with Crippen LogP contribution in [0, 0.1) is 20.8 Å². The van der Waals surface area contributed by atoms with Crippen molar-refractivity contribution in [2.75, 3.05) is 5.32 Å². The molecule has 100 valence electrons. The first kappa shape index (κ1) is 13.3. The van der Waals surface area contributed by atoms with E-state index in [1.54, 1.807) is 10.9 Å². The molecule has 1 heterocycles. The normalized spacial score (nSPS) is 12.2. The maximum atomic E-state index is 12.3. The minimum atomic E-state index is -0.326. The molecule has 1 unspecified atom stereocenters. The lowest BCUT2D eigenvalue weighted by Crippen LogP contribution is -2.24. The number of aromatic nitrogens is 2. The van der Waals surface area contributed by atoms with Gasteiger partial charge in [0.25, 0.3) is 0 Å². The van der Waals surface area contributed by atoms with Crippen molar-refractivity contribution in [2.45, 2.75) is 33.7 Å². The van der Waals surface area contributed by atoms with E-state index >= 15 is 0 Å². The Kier molecular flexibility index (Phi) is 3.69. The molecule has 0 spiro atoms. The number of rotatable bonds is 3. The molecule has 1 aromatic carbocycles. The van der Waals surface area contributed by atoms with Crippen molar-refractivity contribution in [3.8, 4) is 0 Å². The Morgan fingerprint density at radius 1 is 1.26 bits per heavy atom. The van der Waals surface area contributed by atoms with Gasteiger partial charge in [-0.2, -0.15) is 5.10 Å². The number of carbonyl (C=O) groups excluding carboxylic acids is 1. The summed E-state index contributed by atoms with van der Waals surface area (Å²) in [4.78, 5) is 12.3. The average Bonchev–Trinajstić information content (AvgIpc) is 2.79. The molecule has 0 aliphatic rings. The Labute approximate surface area is 113 Å². The van der Waals surface area contributed by atoms with Crippen molar-refractivity contribution in [3.05, 3.63) is 47.3 Å². The minimum Gasteiger partial charge on any atom is -0.324 e. The topological polar surface area (TPSA) is 46.9 Å². The number of anilines is 1. The number of aryl methyl sites for hydroxylation is 3. The van der Waals surface area contributed by atoms with Gasteiger partial charge in [0.05, 0.1) is 6.20 Å². The van der Waals surface area contributed by atoms with Crippen LogP contribution in [0.25, 0.3) is 0 Å². The maximum absolute atomic E-state index is 12.3. The van der Waals surface area contributed by atoms with E-state index in [0.29, 0.717) is 0 Å². The number of hydrogen-bond donors (Lipinski definition) is 1. The standard InChI is InChI=1S/C15H19N3O/c1-10-8-16-18(9-10)13(4)15(19)17-14-11(2)6-5-7-12(14)3/h5-9,13H,1-4H3,(H,17,19). The molecule has 2 aromatic rings. The van der Waals surface area contributed by atoms with E-state index < -0.39 is 0 Å². The molecule has 0 aliphatic heterocycles. The van der Waals surface area contributed by atoms with E-state index in [0.717, 1.165) is 22.4 Å². The molecule has 1 aromatic heterocycles. The molecule has 2 rings (SSSR count). The molecular formula is C15H19N3O. The predicted octanol–water partition coefficient (Wildman–Crippen LogP) is 3.01. The molecule has 0 radical (unpaired) electrons. The molecule has 0 saturated carbocycles. The smallest absolute Gasteiger partial charge is 0.248 e. The molecular weight excluding hydrogens is 238 g/mol. The average molecular weight is 257 g/mol. The number of carbonyl (C=O) groups is 1. The zero-order valence-electron chi connectivity index (χ0n) is 11.8. The monoisotopic (exact) mass is 257 g/mol. The van der Waals surface area contributed by atoms with Gasteiger partial charge in [-0.25, -0.2) is 0 Å². The lowest BCUT2D eigenvalue weighted by atomic mass is 10.1. The molecule has 0 saturated heterocycles. The third kappa shape index (κ3) is 2.84. The fraction of sp³-hybridized carbons (Fsp3) is 0.333. The fourth-order valence-corrected chi connectivity index (χ4v) is 2.00. The maximum Gasteiger partial charge on any atom is 0.248 e. The van der Waals surface area contributed by atoms with Gasteiger partial charge in [-0.3, -0.25) is 9.48 Å². The van der Waals surface area contributed by atoms with E-state index in [2.05, 4.69) is 10.4 Å². The van der Waals surface area contributed by atoms with Crippen LogP contribution in [-0.4, -0.2) is 15.7 Å². The number of para-hydroxylation sites is 1. The first-order valence-corrected chi connectivity index (χ1v) is 6.37. The Hall–Kier alpha value is -2.10. The van der Waals surface area contributed by atoms with Crippen LogP contribution in [0.15, 0.2) is 30.6 Å². The van der Waals surface area contributed by atoms with Crippen molar-refractivity contribution in [2.24, 2.45) is 0 Å². The summed E-state index contributed by atoms with van der Waals surface area (Å²) in [5.74, 6) is -0.0551. The highest BCUT2D eigenvalue weighted by Gasteiger charge is 2.17. The first-order chi connectivity index (χ1) is 8.99. The molecule has 0 fully saturated rings. The second kappa shape index (κ2) is 5.26. The lowest BCUT2D eigenvalue weighted by Gasteiger charge is -2.15. The van der Waals surface area contributed by atoms with E-state index in [1.807, 2.05) is 52.1 Å². The van der Waals surface area contributed by atoms with Crippen molar-refractivity contribution >= 4 is 11.6 Å². The first-order valence-electron chi connectivity index (χ1n) is 6.37. The SMILES string of the molecule is Cc1cnn(C(C)C(=O)Nc2c(C)cccc2C)c1. The highest BCUT2D eigenvalue weighted by Crippen LogP contribution is 2.20. The summed E-state index contributed by atoms with van der Waals surface area (Å²) in [7, 11) is 0.